The predicted molar refractivity (Wildman–Crippen MR) is 86.9 cm³/mol. The molecule has 0 aromatic carbocycles. The number of unbranched alkanes of at least 4 members (excludes halogenated alkanes) is 3. The van der Waals surface area contributed by atoms with Gasteiger partial charge in [0.2, 0.25) is 0 Å². The third-order valence-corrected chi connectivity index (χ3v) is 6.54. The van der Waals surface area contributed by atoms with Crippen molar-refractivity contribution in [1.82, 2.24) is 5.32 Å². The van der Waals surface area contributed by atoms with Gasteiger partial charge < -0.3 is 18.6 Å². The Morgan fingerprint density at radius 3 is 1.40 bits per heavy atom. The van der Waals surface area contributed by atoms with Gasteiger partial charge in [0.1, 0.15) is 0 Å². The molecule has 0 amide bonds. The van der Waals surface area contributed by atoms with Crippen LogP contribution in [0.15, 0.2) is 0 Å². The van der Waals surface area contributed by atoms with Gasteiger partial charge >= 0.3 is 8.80 Å². The van der Waals surface area contributed by atoms with Gasteiger partial charge in [-0.25, -0.2) is 0 Å². The molecule has 20 heavy (non-hydrogen) atoms. The maximum absolute atomic E-state index is 6.15. The van der Waals surface area contributed by atoms with E-state index in [1.54, 1.807) is 0 Å². The topological polar surface area (TPSA) is 39.7 Å². The average Bonchev–Trinajstić information content (AvgIpc) is 2.46. The Bertz CT molecular complexity index is 191. The molecule has 0 aliphatic heterocycles. The largest absolute Gasteiger partial charge is 0.518 e. The lowest BCUT2D eigenvalue weighted by atomic mass is 10.4. The Morgan fingerprint density at radius 2 is 1.15 bits per heavy atom. The first-order valence-corrected chi connectivity index (χ1v) is 10.1. The molecule has 1 N–H and O–H groups in total. The van der Waals surface area contributed by atoms with Crippen molar-refractivity contribution in [3.05, 3.63) is 0 Å². The van der Waals surface area contributed by atoms with Gasteiger partial charge in [-0.05, 0) is 33.2 Å². The Balaban J connectivity index is 4.66. The maximum atomic E-state index is 6.15. The average molecular weight is 306 g/mol. The first-order valence-electron chi connectivity index (χ1n) is 8.25. The van der Waals surface area contributed by atoms with Crippen molar-refractivity contribution in [3.63, 3.8) is 0 Å². The minimum atomic E-state index is -2.62. The van der Waals surface area contributed by atoms with Crippen molar-refractivity contribution in [2.75, 3.05) is 26.9 Å². The Hall–Kier alpha value is 0.0569. The van der Waals surface area contributed by atoms with Gasteiger partial charge in [0, 0.05) is 19.8 Å². The quantitative estimate of drug-likeness (QED) is 0.394. The molecule has 0 aliphatic rings. The van der Waals surface area contributed by atoms with Crippen LogP contribution in [-0.4, -0.2) is 41.3 Å². The normalized spacial score (nSPS) is 13.7. The van der Waals surface area contributed by atoms with Gasteiger partial charge in [-0.2, -0.15) is 0 Å². The third kappa shape index (κ3) is 7.74. The molecule has 0 aromatic rings. The first kappa shape index (κ1) is 20.1. The first-order chi connectivity index (χ1) is 9.66. The van der Waals surface area contributed by atoms with Crippen molar-refractivity contribution in [2.45, 2.75) is 71.9 Å². The van der Waals surface area contributed by atoms with Gasteiger partial charge in [0.05, 0.1) is 5.67 Å². The van der Waals surface area contributed by atoms with Crippen molar-refractivity contribution in [2.24, 2.45) is 0 Å². The van der Waals surface area contributed by atoms with Crippen LogP contribution in [0.25, 0.3) is 0 Å². The Morgan fingerprint density at radius 1 is 0.800 bits per heavy atom. The highest BCUT2D eigenvalue weighted by Gasteiger charge is 2.46. The molecule has 0 bridgehead atoms. The molecule has 122 valence electrons. The van der Waals surface area contributed by atoms with Gasteiger partial charge in [-0.3, -0.25) is 0 Å². The van der Waals surface area contributed by atoms with Crippen molar-refractivity contribution in [1.29, 1.82) is 0 Å². The highest BCUT2D eigenvalue weighted by atomic mass is 28.4. The van der Waals surface area contributed by atoms with Crippen molar-refractivity contribution in [3.8, 4) is 0 Å². The fourth-order valence-corrected chi connectivity index (χ4v) is 4.39. The van der Waals surface area contributed by atoms with Gasteiger partial charge in [0.15, 0.2) is 0 Å². The summed E-state index contributed by atoms with van der Waals surface area (Å²) < 4.78 is 18.4. The summed E-state index contributed by atoms with van der Waals surface area (Å²) in [7, 11) is -0.675. The number of hydrogen-bond donors (Lipinski definition) is 1. The molecule has 0 heterocycles. The Kier molecular flexibility index (Phi) is 12.8. The van der Waals surface area contributed by atoms with Crippen LogP contribution < -0.4 is 5.32 Å². The summed E-state index contributed by atoms with van der Waals surface area (Å²) in [6, 6.07) is 0. The van der Waals surface area contributed by atoms with Crippen LogP contribution in [0.1, 0.15) is 66.2 Å². The molecule has 0 saturated carbocycles. The van der Waals surface area contributed by atoms with Gasteiger partial charge in [-0.15, -0.1) is 0 Å². The zero-order valence-corrected chi connectivity index (χ0v) is 15.2. The number of rotatable bonds is 14. The summed E-state index contributed by atoms with van der Waals surface area (Å²) in [5.74, 6) is 0. The molecular weight excluding hydrogens is 270 g/mol. The molecule has 1 atom stereocenters. The summed E-state index contributed by atoms with van der Waals surface area (Å²) in [4.78, 5) is 0. The predicted octanol–water partition coefficient (Wildman–Crippen LogP) is 3.52. The second-order valence-electron chi connectivity index (χ2n) is 5.22. The molecule has 1 unspecified atom stereocenters. The van der Waals surface area contributed by atoms with E-state index in [1.165, 1.54) is 0 Å². The minimum absolute atomic E-state index is 0.132. The van der Waals surface area contributed by atoms with Crippen molar-refractivity contribution >= 4 is 8.80 Å². The van der Waals surface area contributed by atoms with E-state index in [1.807, 2.05) is 7.05 Å². The highest BCUT2D eigenvalue weighted by molar-refractivity contribution is 6.62. The van der Waals surface area contributed by atoms with E-state index in [2.05, 4.69) is 33.0 Å². The van der Waals surface area contributed by atoms with Crippen LogP contribution in [0.5, 0.6) is 0 Å². The summed E-state index contributed by atoms with van der Waals surface area (Å²) in [5, 5.41) is 3.27. The molecule has 0 fully saturated rings. The lowest BCUT2D eigenvalue weighted by Gasteiger charge is -2.34. The fourth-order valence-electron chi connectivity index (χ4n) is 1.75. The molecular formula is C15H35NO3Si. The van der Waals surface area contributed by atoms with E-state index >= 15 is 0 Å². The number of nitrogens with one attached hydrogen (secondary N) is 1. The van der Waals surface area contributed by atoms with E-state index in [9.17, 15) is 0 Å². The van der Waals surface area contributed by atoms with E-state index in [4.69, 9.17) is 13.3 Å². The molecule has 4 nitrogen and oxygen atoms in total. The van der Waals surface area contributed by atoms with E-state index in [0.29, 0.717) is 0 Å². The summed E-state index contributed by atoms with van der Waals surface area (Å²) in [6.07, 6.45) is 6.55. The van der Waals surface area contributed by atoms with E-state index in [0.717, 1.165) is 58.3 Å². The highest BCUT2D eigenvalue weighted by Crippen LogP contribution is 2.17. The molecule has 0 rings (SSSR count). The summed E-state index contributed by atoms with van der Waals surface area (Å²) in [6.45, 7) is 10.8. The van der Waals surface area contributed by atoms with Crippen LogP contribution in [0.4, 0.5) is 0 Å². The monoisotopic (exact) mass is 305 g/mol. The van der Waals surface area contributed by atoms with E-state index in [-0.39, 0.29) is 5.67 Å². The zero-order chi connectivity index (χ0) is 15.3. The van der Waals surface area contributed by atoms with Crippen LogP contribution in [0.2, 0.25) is 0 Å². The lowest BCUT2D eigenvalue weighted by molar-refractivity contribution is 0.0465. The Labute approximate surface area is 126 Å². The van der Waals surface area contributed by atoms with Gasteiger partial charge in [-0.1, -0.05) is 40.0 Å². The summed E-state index contributed by atoms with van der Waals surface area (Å²) >= 11 is 0. The lowest BCUT2D eigenvalue weighted by Crippen LogP contribution is -2.60. The zero-order valence-electron chi connectivity index (χ0n) is 14.2. The SMILES string of the molecule is CCCCO[Si](OCCCC)(OCCCC)C(C)NC. The molecule has 0 aliphatic carbocycles. The van der Waals surface area contributed by atoms with E-state index < -0.39 is 8.80 Å². The molecule has 0 saturated heterocycles. The molecule has 0 radical (unpaired) electrons. The minimum Gasteiger partial charge on any atom is -0.373 e. The van der Waals surface area contributed by atoms with Crippen LogP contribution in [0.3, 0.4) is 0 Å². The van der Waals surface area contributed by atoms with Crippen LogP contribution in [-0.2, 0) is 13.3 Å². The summed E-state index contributed by atoms with van der Waals surface area (Å²) in [5.41, 5.74) is 0.132. The maximum Gasteiger partial charge on any atom is 0.518 e. The molecule has 0 aromatic heterocycles. The number of hydrogen-bond acceptors (Lipinski definition) is 4. The smallest absolute Gasteiger partial charge is 0.373 e. The second-order valence-corrected chi connectivity index (χ2v) is 8.16. The molecule has 5 heteroatoms. The fraction of sp³-hybridized carbons (Fsp3) is 1.00. The molecule has 0 spiro atoms. The van der Waals surface area contributed by atoms with Crippen LogP contribution in [0, 0.1) is 0 Å². The van der Waals surface area contributed by atoms with Gasteiger partial charge in [0.25, 0.3) is 0 Å². The van der Waals surface area contributed by atoms with Crippen molar-refractivity contribution < 1.29 is 13.3 Å². The standard InChI is InChI=1S/C15H35NO3Si/c1-6-9-12-17-20(15(4)16-5,18-13-10-7-2)19-14-11-8-3/h15-16H,6-14H2,1-5H3. The second kappa shape index (κ2) is 12.8. The third-order valence-electron chi connectivity index (χ3n) is 3.37. The van der Waals surface area contributed by atoms with Crippen LogP contribution >= 0.6 is 0 Å².